The molecule has 0 saturated carbocycles. The molecule has 0 bridgehead atoms. The maximum atomic E-state index is 14.0. The van der Waals surface area contributed by atoms with Gasteiger partial charge in [0.1, 0.15) is 11.6 Å². The zero-order valence-electron chi connectivity index (χ0n) is 13.0. The van der Waals surface area contributed by atoms with Crippen LogP contribution >= 0.6 is 23.2 Å². The van der Waals surface area contributed by atoms with E-state index in [9.17, 15) is 4.39 Å². The van der Waals surface area contributed by atoms with Crippen LogP contribution in [0.1, 0.15) is 38.2 Å². The number of aryl methyl sites for hydroxylation is 1. The molecule has 2 aromatic rings. The summed E-state index contributed by atoms with van der Waals surface area (Å²) in [7, 11) is 0. The first-order chi connectivity index (χ1) is 11.1. The zero-order chi connectivity index (χ0) is 16.4. The molecule has 3 rings (SSSR count). The minimum absolute atomic E-state index is 0.192. The van der Waals surface area contributed by atoms with Gasteiger partial charge < -0.3 is 4.74 Å². The lowest BCUT2D eigenvalue weighted by Crippen LogP contribution is -2.23. The van der Waals surface area contributed by atoms with E-state index in [0.717, 1.165) is 49.0 Å². The van der Waals surface area contributed by atoms with E-state index in [0.29, 0.717) is 15.6 Å². The first-order valence-electron chi connectivity index (χ1n) is 8.03. The van der Waals surface area contributed by atoms with Crippen molar-refractivity contribution in [2.75, 3.05) is 0 Å². The third-order valence-electron chi connectivity index (χ3n) is 4.25. The van der Waals surface area contributed by atoms with Crippen LogP contribution in [0.25, 0.3) is 11.1 Å². The van der Waals surface area contributed by atoms with E-state index in [-0.39, 0.29) is 11.9 Å². The Kier molecular flexibility index (Phi) is 5.13. The number of fused-ring (bicyclic) bond motifs is 1. The van der Waals surface area contributed by atoms with E-state index >= 15 is 0 Å². The second kappa shape index (κ2) is 7.11. The van der Waals surface area contributed by atoms with E-state index in [1.807, 2.05) is 6.07 Å². The molecule has 4 heteroatoms. The molecule has 0 aromatic heterocycles. The Labute approximate surface area is 146 Å². The van der Waals surface area contributed by atoms with Crippen LogP contribution in [-0.4, -0.2) is 6.10 Å². The summed E-state index contributed by atoms with van der Waals surface area (Å²) >= 11 is 12.3. The molecule has 23 heavy (non-hydrogen) atoms. The van der Waals surface area contributed by atoms with Gasteiger partial charge in [-0.05, 0) is 49.1 Å². The molecule has 1 aliphatic heterocycles. The van der Waals surface area contributed by atoms with Crippen LogP contribution in [0.15, 0.2) is 30.3 Å². The topological polar surface area (TPSA) is 9.23 Å². The summed E-state index contributed by atoms with van der Waals surface area (Å²) < 4.78 is 20.2. The summed E-state index contributed by atoms with van der Waals surface area (Å²) in [5.41, 5.74) is 2.38. The van der Waals surface area contributed by atoms with Gasteiger partial charge in [0.2, 0.25) is 0 Å². The Balaban J connectivity index is 2.02. The van der Waals surface area contributed by atoms with Crippen molar-refractivity contribution in [1.29, 1.82) is 0 Å². The summed E-state index contributed by atoms with van der Waals surface area (Å²) in [6, 6.07) is 8.32. The largest absolute Gasteiger partial charge is 0.489 e. The van der Waals surface area contributed by atoms with Crippen LogP contribution in [0.2, 0.25) is 10.0 Å². The summed E-state index contributed by atoms with van der Waals surface area (Å²) in [4.78, 5) is 0. The van der Waals surface area contributed by atoms with Crippen LogP contribution in [0.3, 0.4) is 0 Å². The van der Waals surface area contributed by atoms with Gasteiger partial charge in [-0.15, -0.1) is 0 Å². The second-order valence-electron chi connectivity index (χ2n) is 5.99. The molecule has 0 N–H and O–H groups in total. The molecule has 0 spiro atoms. The number of rotatable bonds is 4. The average molecular weight is 353 g/mol. The van der Waals surface area contributed by atoms with Gasteiger partial charge >= 0.3 is 0 Å². The smallest absolute Gasteiger partial charge is 0.130 e. The Morgan fingerprint density at radius 2 is 2.00 bits per heavy atom. The van der Waals surface area contributed by atoms with Gasteiger partial charge in [0.05, 0.1) is 11.1 Å². The number of ether oxygens (including phenoxy) is 1. The molecule has 1 atom stereocenters. The fourth-order valence-electron chi connectivity index (χ4n) is 3.06. The van der Waals surface area contributed by atoms with Crippen molar-refractivity contribution in [1.82, 2.24) is 0 Å². The van der Waals surface area contributed by atoms with Gasteiger partial charge in [-0.2, -0.15) is 0 Å². The highest BCUT2D eigenvalue weighted by Crippen LogP contribution is 2.42. The van der Waals surface area contributed by atoms with Crippen molar-refractivity contribution >= 4 is 23.2 Å². The van der Waals surface area contributed by atoms with Crippen LogP contribution in [0, 0.1) is 5.82 Å². The fourth-order valence-corrected chi connectivity index (χ4v) is 3.57. The first kappa shape index (κ1) is 16.6. The maximum Gasteiger partial charge on any atom is 0.130 e. The summed E-state index contributed by atoms with van der Waals surface area (Å²) in [6.07, 6.45) is 5.27. The maximum absolute atomic E-state index is 14.0. The third kappa shape index (κ3) is 3.64. The minimum Gasteiger partial charge on any atom is -0.489 e. The monoisotopic (exact) mass is 352 g/mol. The Bertz CT molecular complexity index is 715. The van der Waals surface area contributed by atoms with Gasteiger partial charge in [-0.25, -0.2) is 4.39 Å². The molecule has 0 unspecified atom stereocenters. The van der Waals surface area contributed by atoms with Gasteiger partial charge in [-0.3, -0.25) is 0 Å². The molecule has 0 aliphatic carbocycles. The summed E-state index contributed by atoms with van der Waals surface area (Å²) in [6.45, 7) is 2.17. The first-order valence-corrected chi connectivity index (χ1v) is 8.78. The van der Waals surface area contributed by atoms with Gasteiger partial charge in [0, 0.05) is 16.1 Å². The highest BCUT2D eigenvalue weighted by atomic mass is 35.5. The highest BCUT2D eigenvalue weighted by molar-refractivity contribution is 6.36. The normalized spacial score (nSPS) is 16.8. The quantitative estimate of drug-likeness (QED) is 0.595. The standard InChI is InChI=1S/C19H19Cl2FO/c1-2-3-4-15-7-5-12-9-14(22)11-17(19(12)23-15)16-8-6-13(20)10-18(16)21/h6,8-11,15H,2-5,7H2,1H3/t15-/m0/s1. The molecule has 0 saturated heterocycles. The molecule has 1 aliphatic rings. The van der Waals surface area contributed by atoms with Crippen molar-refractivity contribution in [2.45, 2.75) is 45.1 Å². The predicted molar refractivity (Wildman–Crippen MR) is 94.1 cm³/mol. The number of hydrogen-bond acceptors (Lipinski definition) is 1. The van der Waals surface area contributed by atoms with Crippen LogP contribution in [0.5, 0.6) is 5.75 Å². The molecule has 0 fully saturated rings. The van der Waals surface area contributed by atoms with E-state index in [2.05, 4.69) is 6.92 Å². The van der Waals surface area contributed by atoms with E-state index < -0.39 is 0 Å². The molecular weight excluding hydrogens is 334 g/mol. The molecule has 0 amide bonds. The summed E-state index contributed by atoms with van der Waals surface area (Å²) in [5, 5.41) is 1.07. The Hall–Kier alpha value is -1.25. The van der Waals surface area contributed by atoms with Crippen molar-refractivity contribution in [3.05, 3.63) is 51.8 Å². The van der Waals surface area contributed by atoms with Crippen molar-refractivity contribution < 1.29 is 9.13 Å². The lowest BCUT2D eigenvalue weighted by atomic mass is 9.94. The number of halogens is 3. The minimum atomic E-state index is -0.264. The van der Waals surface area contributed by atoms with Crippen LogP contribution in [-0.2, 0) is 6.42 Å². The lowest BCUT2D eigenvalue weighted by molar-refractivity contribution is 0.161. The molecule has 0 radical (unpaired) electrons. The van der Waals surface area contributed by atoms with Crippen LogP contribution < -0.4 is 4.74 Å². The number of hydrogen-bond donors (Lipinski definition) is 0. The molecule has 2 aromatic carbocycles. The van der Waals surface area contributed by atoms with E-state index in [1.54, 1.807) is 18.2 Å². The van der Waals surface area contributed by atoms with Gasteiger partial charge in [0.25, 0.3) is 0 Å². The zero-order valence-corrected chi connectivity index (χ0v) is 14.6. The fraction of sp³-hybridized carbons (Fsp3) is 0.368. The Morgan fingerprint density at radius 3 is 2.74 bits per heavy atom. The van der Waals surface area contributed by atoms with Crippen molar-refractivity contribution in [3.63, 3.8) is 0 Å². The number of unbranched alkanes of at least 4 members (excludes halogenated alkanes) is 1. The highest BCUT2D eigenvalue weighted by Gasteiger charge is 2.24. The Morgan fingerprint density at radius 1 is 1.17 bits per heavy atom. The second-order valence-corrected chi connectivity index (χ2v) is 6.83. The van der Waals surface area contributed by atoms with Gasteiger partial charge in [0.15, 0.2) is 0 Å². The van der Waals surface area contributed by atoms with Crippen molar-refractivity contribution in [2.24, 2.45) is 0 Å². The van der Waals surface area contributed by atoms with Crippen LogP contribution in [0.4, 0.5) is 4.39 Å². The third-order valence-corrected chi connectivity index (χ3v) is 4.80. The van der Waals surface area contributed by atoms with Crippen molar-refractivity contribution in [3.8, 4) is 16.9 Å². The van der Waals surface area contributed by atoms with Gasteiger partial charge in [-0.1, -0.05) is 49.0 Å². The van der Waals surface area contributed by atoms with E-state index in [4.69, 9.17) is 27.9 Å². The summed E-state index contributed by atoms with van der Waals surface area (Å²) in [5.74, 6) is 0.503. The predicted octanol–water partition coefficient (Wildman–Crippen LogP) is 6.68. The number of benzene rings is 2. The molecule has 1 heterocycles. The SMILES string of the molecule is CCCC[C@H]1CCc2cc(F)cc(-c3ccc(Cl)cc3Cl)c2O1. The van der Waals surface area contributed by atoms with E-state index in [1.165, 1.54) is 6.07 Å². The lowest BCUT2D eigenvalue weighted by Gasteiger charge is -2.28. The molecule has 1 nitrogen and oxygen atoms in total. The molecule has 122 valence electrons. The average Bonchev–Trinajstić information content (AvgIpc) is 2.52. The molecular formula is C19H19Cl2FO.